The average Bonchev–Trinajstić information content (AvgIpc) is 2.88. The third kappa shape index (κ3) is 3.19. The van der Waals surface area contributed by atoms with Gasteiger partial charge in [0.2, 0.25) is 0 Å². The summed E-state index contributed by atoms with van der Waals surface area (Å²) < 4.78 is 6.20. The fourth-order valence-electron chi connectivity index (χ4n) is 4.15. The van der Waals surface area contributed by atoms with E-state index in [9.17, 15) is 0 Å². The molecule has 32 heavy (non-hydrogen) atoms. The molecule has 0 unspecified atom stereocenters. The second-order valence-corrected chi connectivity index (χ2v) is 7.61. The first kappa shape index (κ1) is 18.3. The lowest BCUT2D eigenvalue weighted by molar-refractivity contribution is 0.477. The first-order valence-corrected chi connectivity index (χ1v) is 10.5. The number of rotatable bonds is 3. The molecule has 1 aliphatic heterocycles. The van der Waals surface area contributed by atoms with Gasteiger partial charge in [-0.3, -0.25) is 9.97 Å². The lowest BCUT2D eigenvalue weighted by Gasteiger charge is -2.33. The second kappa shape index (κ2) is 7.67. The largest absolute Gasteiger partial charge is 0.453 e. The molecule has 3 heterocycles. The normalized spacial score (nSPS) is 11.9. The zero-order chi connectivity index (χ0) is 21.3. The van der Waals surface area contributed by atoms with E-state index in [4.69, 9.17) is 4.74 Å². The number of ether oxygens (including phenoxy) is 1. The molecule has 0 N–H and O–H groups in total. The van der Waals surface area contributed by atoms with E-state index in [1.165, 1.54) is 0 Å². The monoisotopic (exact) mass is 413 g/mol. The predicted octanol–water partition coefficient (Wildman–Crippen LogP) is 7.39. The van der Waals surface area contributed by atoms with Gasteiger partial charge in [0.25, 0.3) is 0 Å². The molecule has 152 valence electrons. The Morgan fingerprint density at radius 2 is 0.969 bits per heavy atom. The Morgan fingerprint density at radius 1 is 0.500 bits per heavy atom. The van der Waals surface area contributed by atoms with Gasteiger partial charge < -0.3 is 9.64 Å². The third-order valence-electron chi connectivity index (χ3n) is 5.64. The molecular formula is C28H19N3O. The van der Waals surface area contributed by atoms with Gasteiger partial charge in [0.1, 0.15) is 0 Å². The topological polar surface area (TPSA) is 38.2 Å². The van der Waals surface area contributed by atoms with Crippen LogP contribution in [-0.4, -0.2) is 9.97 Å². The first-order valence-electron chi connectivity index (χ1n) is 10.5. The number of hydrogen-bond donors (Lipinski definition) is 0. The second-order valence-electron chi connectivity index (χ2n) is 7.61. The van der Waals surface area contributed by atoms with E-state index in [-0.39, 0.29) is 0 Å². The summed E-state index contributed by atoms with van der Waals surface area (Å²) in [6.07, 6.45) is 7.31. The summed E-state index contributed by atoms with van der Waals surface area (Å²) in [7, 11) is 0. The van der Waals surface area contributed by atoms with Crippen LogP contribution in [0.4, 0.5) is 17.1 Å². The van der Waals surface area contributed by atoms with Crippen molar-refractivity contribution in [2.24, 2.45) is 0 Å². The molecule has 4 nitrogen and oxygen atoms in total. The number of pyridine rings is 2. The molecule has 6 rings (SSSR count). The van der Waals surface area contributed by atoms with E-state index >= 15 is 0 Å². The molecule has 0 bridgehead atoms. The van der Waals surface area contributed by atoms with E-state index in [2.05, 4.69) is 45.2 Å². The smallest absolute Gasteiger partial charge is 0.151 e. The lowest BCUT2D eigenvalue weighted by atomic mass is 9.98. The fourth-order valence-corrected chi connectivity index (χ4v) is 4.15. The molecule has 5 aromatic rings. The van der Waals surface area contributed by atoms with Gasteiger partial charge in [0.05, 0.1) is 11.4 Å². The van der Waals surface area contributed by atoms with Gasteiger partial charge in [-0.2, -0.15) is 0 Å². The molecule has 0 atom stereocenters. The SMILES string of the molecule is c1ccc2c(c1)Oc1ccccc1N2c1cc(-c2ccncc2)cc(-c2ccncc2)c1. The van der Waals surface area contributed by atoms with Crippen LogP contribution in [0.5, 0.6) is 11.5 Å². The highest BCUT2D eigenvalue weighted by atomic mass is 16.5. The van der Waals surface area contributed by atoms with Gasteiger partial charge in [-0.1, -0.05) is 24.3 Å². The maximum atomic E-state index is 6.20. The van der Waals surface area contributed by atoms with Crippen molar-refractivity contribution >= 4 is 17.1 Å². The van der Waals surface area contributed by atoms with Crippen molar-refractivity contribution in [3.63, 3.8) is 0 Å². The Hall–Kier alpha value is -4.44. The van der Waals surface area contributed by atoms with Gasteiger partial charge >= 0.3 is 0 Å². The molecule has 1 aliphatic rings. The summed E-state index contributed by atoms with van der Waals surface area (Å²) in [6.45, 7) is 0. The third-order valence-corrected chi connectivity index (χ3v) is 5.64. The minimum atomic E-state index is 0.839. The van der Waals surface area contributed by atoms with Crippen LogP contribution < -0.4 is 9.64 Å². The first-order chi connectivity index (χ1) is 15.9. The Bertz CT molecular complexity index is 1300. The van der Waals surface area contributed by atoms with E-state index in [1.54, 1.807) is 0 Å². The Morgan fingerprint density at radius 3 is 1.47 bits per heavy atom. The Labute approximate surface area is 186 Å². The van der Waals surface area contributed by atoms with Crippen LogP contribution in [0.25, 0.3) is 22.3 Å². The van der Waals surface area contributed by atoms with Gasteiger partial charge in [-0.05, 0) is 89.0 Å². The Balaban J connectivity index is 1.61. The molecule has 4 heteroatoms. The zero-order valence-corrected chi connectivity index (χ0v) is 17.2. The molecule has 2 aromatic heterocycles. The van der Waals surface area contributed by atoms with Crippen molar-refractivity contribution in [3.8, 4) is 33.8 Å². The lowest BCUT2D eigenvalue weighted by Crippen LogP contribution is -2.15. The van der Waals surface area contributed by atoms with Crippen molar-refractivity contribution in [2.45, 2.75) is 0 Å². The van der Waals surface area contributed by atoms with Crippen LogP contribution in [-0.2, 0) is 0 Å². The van der Waals surface area contributed by atoms with Crippen LogP contribution in [0.3, 0.4) is 0 Å². The van der Waals surface area contributed by atoms with Crippen LogP contribution >= 0.6 is 0 Å². The highest BCUT2D eigenvalue weighted by Crippen LogP contribution is 2.51. The zero-order valence-electron chi connectivity index (χ0n) is 17.2. The van der Waals surface area contributed by atoms with Gasteiger partial charge in [0.15, 0.2) is 11.5 Å². The quantitative estimate of drug-likeness (QED) is 0.303. The minimum Gasteiger partial charge on any atom is -0.453 e. The summed E-state index contributed by atoms with van der Waals surface area (Å²) in [5.41, 5.74) is 7.57. The number of hydrogen-bond acceptors (Lipinski definition) is 4. The minimum absolute atomic E-state index is 0.839. The van der Waals surface area contributed by atoms with E-state index in [1.807, 2.05) is 85.5 Å². The molecule has 0 spiro atoms. The summed E-state index contributed by atoms with van der Waals surface area (Å²) >= 11 is 0. The van der Waals surface area contributed by atoms with Gasteiger partial charge in [-0.15, -0.1) is 0 Å². The van der Waals surface area contributed by atoms with Crippen molar-refractivity contribution in [2.75, 3.05) is 4.90 Å². The number of fused-ring (bicyclic) bond motifs is 2. The van der Waals surface area contributed by atoms with E-state index < -0.39 is 0 Å². The van der Waals surface area contributed by atoms with Crippen molar-refractivity contribution < 1.29 is 4.74 Å². The number of benzene rings is 3. The van der Waals surface area contributed by atoms with Crippen LogP contribution in [0.15, 0.2) is 116 Å². The van der Waals surface area contributed by atoms with Crippen LogP contribution in [0.1, 0.15) is 0 Å². The highest BCUT2D eigenvalue weighted by Gasteiger charge is 2.25. The van der Waals surface area contributed by atoms with Gasteiger partial charge in [0, 0.05) is 30.5 Å². The maximum absolute atomic E-state index is 6.20. The highest BCUT2D eigenvalue weighted by molar-refractivity contribution is 5.89. The van der Waals surface area contributed by atoms with Crippen LogP contribution in [0, 0.1) is 0 Å². The Kier molecular flexibility index (Phi) is 4.40. The summed E-state index contributed by atoms with van der Waals surface area (Å²) in [4.78, 5) is 10.6. The van der Waals surface area contributed by atoms with E-state index in [0.717, 1.165) is 50.8 Å². The van der Waals surface area contributed by atoms with Crippen molar-refractivity contribution in [1.82, 2.24) is 9.97 Å². The van der Waals surface area contributed by atoms with E-state index in [0.29, 0.717) is 0 Å². The number of anilines is 3. The summed E-state index contributed by atoms with van der Waals surface area (Å²) in [5.74, 6) is 1.68. The number of nitrogens with zero attached hydrogens (tertiary/aromatic N) is 3. The average molecular weight is 413 g/mol. The molecular weight excluding hydrogens is 394 g/mol. The molecule has 0 saturated carbocycles. The predicted molar refractivity (Wildman–Crippen MR) is 128 cm³/mol. The molecule has 0 aliphatic carbocycles. The molecule has 0 fully saturated rings. The van der Waals surface area contributed by atoms with Crippen LogP contribution in [0.2, 0.25) is 0 Å². The maximum Gasteiger partial charge on any atom is 0.151 e. The summed E-state index contributed by atoms with van der Waals surface area (Å²) in [6, 6.07) is 31.1. The molecule has 0 radical (unpaired) electrons. The molecule has 3 aromatic carbocycles. The number of para-hydroxylation sites is 4. The standard InChI is InChI=1S/C28H19N3O/c1-3-7-27-25(5-1)31(26-6-2-4-8-28(26)32-27)24-18-22(20-9-13-29-14-10-20)17-23(19-24)21-11-15-30-16-12-21/h1-19H. The number of aromatic nitrogens is 2. The summed E-state index contributed by atoms with van der Waals surface area (Å²) in [5, 5.41) is 0. The molecule has 0 saturated heterocycles. The van der Waals surface area contributed by atoms with Gasteiger partial charge in [-0.25, -0.2) is 0 Å². The fraction of sp³-hybridized carbons (Fsp3) is 0. The van der Waals surface area contributed by atoms with Crippen molar-refractivity contribution in [1.29, 1.82) is 0 Å². The van der Waals surface area contributed by atoms with Crippen molar-refractivity contribution in [3.05, 3.63) is 116 Å². The molecule has 0 amide bonds.